The standard InChI is InChI=1S/C40H61N13O10S2/c1-21(2)32-38(62)50-26(18-29(41)54)35(59)51-27(20-65-64-16-13-31(56)47-22(3)33(57)49-25(36(60)52-32)17-23-9-5-4-6-10-23)39(63)53-15-8-12-28(53)37(61)48-24(11-7-14-45-40(43)44)34(58)46-19-30(42)55/h4-6,9-10,21-22,24-28,32H,7-8,11-20H2,1-3H3,(H2,41,54)(H2,42,55)(H,46,58)(H,47,56)(H,48,61)(H,49,57)(H,50,62)(H,51,59)(H,52,60)(H4,43,44,45)/t22-,24+,25-,26-,27-,28-,32-/m0/s1. The van der Waals surface area contributed by atoms with Crippen LogP contribution in [0.4, 0.5) is 0 Å². The van der Waals surface area contributed by atoms with Crippen molar-refractivity contribution in [2.24, 2.45) is 33.8 Å². The van der Waals surface area contributed by atoms with Gasteiger partial charge in [-0.15, -0.1) is 0 Å². The zero-order chi connectivity index (χ0) is 48.2. The predicted octanol–water partition coefficient (Wildman–Crippen LogP) is -3.88. The fraction of sp³-hybridized carbons (Fsp3) is 0.575. The first-order valence-electron chi connectivity index (χ1n) is 21.1. The topological polar surface area (TPSA) is 375 Å². The van der Waals surface area contributed by atoms with Crippen LogP contribution in [-0.2, 0) is 54.4 Å². The number of primary amides is 2. The highest BCUT2D eigenvalue weighted by Crippen LogP contribution is 2.26. The number of amides is 10. The second-order valence-corrected chi connectivity index (χ2v) is 18.4. The molecule has 10 amide bonds. The Kier molecular flexibility index (Phi) is 21.8. The van der Waals surface area contributed by atoms with E-state index in [2.05, 4.69) is 42.2 Å². The summed E-state index contributed by atoms with van der Waals surface area (Å²) in [6.07, 6.45) is 0.129. The Balaban J connectivity index is 1.93. The fourth-order valence-electron chi connectivity index (χ4n) is 6.79. The van der Waals surface area contributed by atoms with Crippen molar-refractivity contribution in [1.82, 2.24) is 42.1 Å². The van der Waals surface area contributed by atoms with E-state index in [0.29, 0.717) is 12.0 Å². The summed E-state index contributed by atoms with van der Waals surface area (Å²) in [6.45, 7) is 4.43. The van der Waals surface area contributed by atoms with Gasteiger partial charge in [-0.25, -0.2) is 0 Å². The van der Waals surface area contributed by atoms with Crippen LogP contribution in [0.1, 0.15) is 64.9 Å². The second-order valence-electron chi connectivity index (χ2n) is 15.8. The molecular formula is C40H61N13O10S2. The zero-order valence-electron chi connectivity index (χ0n) is 36.6. The van der Waals surface area contributed by atoms with Crippen molar-refractivity contribution in [2.45, 2.75) is 108 Å². The average molecular weight is 948 g/mol. The summed E-state index contributed by atoms with van der Waals surface area (Å²) < 4.78 is 0. The number of hydrogen-bond donors (Lipinski definition) is 11. The second kappa shape index (κ2) is 26.6. The lowest BCUT2D eigenvalue weighted by Crippen LogP contribution is -2.61. The van der Waals surface area contributed by atoms with Gasteiger partial charge in [-0.2, -0.15) is 0 Å². The van der Waals surface area contributed by atoms with E-state index in [9.17, 15) is 47.9 Å². The number of hydrogen-bond acceptors (Lipinski definition) is 13. The smallest absolute Gasteiger partial charge is 0.246 e. The van der Waals surface area contributed by atoms with Crippen molar-refractivity contribution in [3.05, 3.63) is 35.9 Å². The minimum absolute atomic E-state index is 0.0224. The van der Waals surface area contributed by atoms with Gasteiger partial charge in [-0.05, 0) is 44.1 Å². The van der Waals surface area contributed by atoms with E-state index in [4.69, 9.17) is 22.9 Å². The number of aliphatic imine (C=N–C) groups is 1. The van der Waals surface area contributed by atoms with Gasteiger partial charge in [-0.3, -0.25) is 52.9 Å². The van der Waals surface area contributed by atoms with Crippen LogP contribution in [0.15, 0.2) is 35.3 Å². The Labute approximate surface area is 384 Å². The number of nitrogens with two attached hydrogens (primary N) is 4. The molecule has 0 aliphatic carbocycles. The number of carbonyl (C=O) groups excluding carboxylic acids is 10. The summed E-state index contributed by atoms with van der Waals surface area (Å²) in [5.41, 5.74) is 22.2. The molecule has 2 aliphatic heterocycles. The van der Waals surface area contributed by atoms with E-state index < -0.39 is 120 Å². The highest BCUT2D eigenvalue weighted by Gasteiger charge is 2.40. The van der Waals surface area contributed by atoms with Crippen LogP contribution in [0.5, 0.6) is 0 Å². The quantitative estimate of drug-likeness (QED) is 0.0347. The van der Waals surface area contributed by atoms with Crippen molar-refractivity contribution in [3.8, 4) is 0 Å². The third kappa shape index (κ3) is 18.1. The molecule has 358 valence electrons. The first-order valence-corrected chi connectivity index (χ1v) is 23.6. The number of guanidine groups is 1. The molecule has 15 N–H and O–H groups in total. The van der Waals surface area contributed by atoms with E-state index in [0.717, 1.165) is 10.8 Å². The highest BCUT2D eigenvalue weighted by molar-refractivity contribution is 8.76. The summed E-state index contributed by atoms with van der Waals surface area (Å²) in [6, 6.07) is -0.0403. The molecule has 1 aromatic carbocycles. The summed E-state index contributed by atoms with van der Waals surface area (Å²) in [5.74, 6) is -8.30. The molecule has 3 rings (SSSR count). The minimum atomic E-state index is -1.63. The summed E-state index contributed by atoms with van der Waals surface area (Å²) in [4.78, 5) is 138. The Bertz CT molecular complexity index is 1920. The van der Waals surface area contributed by atoms with E-state index in [1.54, 1.807) is 44.2 Å². The predicted molar refractivity (Wildman–Crippen MR) is 242 cm³/mol. The van der Waals surface area contributed by atoms with Crippen LogP contribution in [-0.4, -0.2) is 143 Å². The molecule has 65 heavy (non-hydrogen) atoms. The lowest BCUT2D eigenvalue weighted by molar-refractivity contribution is -0.142. The molecule has 0 bridgehead atoms. The summed E-state index contributed by atoms with van der Waals surface area (Å²) in [5, 5.41) is 18.1. The normalized spacial score (nSPS) is 23.3. The number of carbonyl (C=O) groups is 10. The molecule has 0 spiro atoms. The number of likely N-dealkylation sites (tertiary alicyclic amines) is 1. The number of benzene rings is 1. The molecule has 2 fully saturated rings. The van der Waals surface area contributed by atoms with Gasteiger partial charge >= 0.3 is 0 Å². The van der Waals surface area contributed by atoms with Crippen LogP contribution in [0, 0.1) is 5.92 Å². The van der Waals surface area contributed by atoms with Crippen LogP contribution in [0.25, 0.3) is 0 Å². The molecule has 25 heteroatoms. The van der Waals surface area contributed by atoms with Gasteiger partial charge in [0.1, 0.15) is 42.3 Å². The number of nitrogens with one attached hydrogen (secondary N) is 7. The monoisotopic (exact) mass is 947 g/mol. The van der Waals surface area contributed by atoms with E-state index in [-0.39, 0.29) is 62.7 Å². The maximum absolute atomic E-state index is 14.4. The number of rotatable bonds is 15. The van der Waals surface area contributed by atoms with Crippen molar-refractivity contribution >= 4 is 86.6 Å². The van der Waals surface area contributed by atoms with Gasteiger partial charge in [0, 0.05) is 37.4 Å². The summed E-state index contributed by atoms with van der Waals surface area (Å²) in [7, 11) is 2.30. The van der Waals surface area contributed by atoms with Gasteiger partial charge in [-0.1, -0.05) is 65.8 Å². The maximum Gasteiger partial charge on any atom is 0.246 e. The van der Waals surface area contributed by atoms with Crippen LogP contribution >= 0.6 is 21.6 Å². The van der Waals surface area contributed by atoms with Crippen molar-refractivity contribution < 1.29 is 47.9 Å². The molecule has 1 aromatic rings. The largest absolute Gasteiger partial charge is 0.370 e. The molecule has 23 nitrogen and oxygen atoms in total. The van der Waals surface area contributed by atoms with E-state index in [1.807, 2.05) is 0 Å². The molecule has 0 unspecified atom stereocenters. The Morgan fingerprint density at radius 3 is 2.17 bits per heavy atom. The molecule has 7 atom stereocenters. The molecule has 2 saturated heterocycles. The van der Waals surface area contributed by atoms with Gasteiger partial charge in [0.2, 0.25) is 59.1 Å². The van der Waals surface area contributed by atoms with Gasteiger partial charge in [0.15, 0.2) is 5.96 Å². The SMILES string of the molecule is CC(C)[C@@H]1NC(=O)[C@H](Cc2ccccc2)NC(=O)[C@H](C)NC(=O)CCSSC[C@@H](C(=O)N2CCC[C@H]2C(=O)N[C@H](CCCN=C(N)N)C(=O)NCC(N)=O)NC(=O)[C@H](CC(N)=O)NC1=O. The number of nitrogens with zero attached hydrogens (tertiary/aromatic N) is 2. The van der Waals surface area contributed by atoms with Crippen molar-refractivity contribution in [2.75, 3.05) is 31.1 Å². The zero-order valence-corrected chi connectivity index (χ0v) is 38.2. The minimum Gasteiger partial charge on any atom is -0.370 e. The third-order valence-electron chi connectivity index (χ3n) is 10.2. The first kappa shape index (κ1) is 53.2. The lowest BCUT2D eigenvalue weighted by atomic mass is 10.00. The molecule has 2 heterocycles. The van der Waals surface area contributed by atoms with Crippen molar-refractivity contribution in [1.29, 1.82) is 0 Å². The van der Waals surface area contributed by atoms with E-state index in [1.165, 1.54) is 22.6 Å². The van der Waals surface area contributed by atoms with Crippen LogP contribution in [0.2, 0.25) is 0 Å². The van der Waals surface area contributed by atoms with Gasteiger partial charge in [0.05, 0.1) is 13.0 Å². The Hall–Kier alpha value is -6.11. The van der Waals surface area contributed by atoms with Crippen LogP contribution < -0.4 is 60.2 Å². The maximum atomic E-state index is 14.4. The molecule has 0 aromatic heterocycles. The Morgan fingerprint density at radius 1 is 0.846 bits per heavy atom. The highest BCUT2D eigenvalue weighted by atomic mass is 33.1. The summed E-state index contributed by atoms with van der Waals surface area (Å²) >= 11 is 0. The molecular weight excluding hydrogens is 887 g/mol. The van der Waals surface area contributed by atoms with Crippen LogP contribution in [0.3, 0.4) is 0 Å². The average Bonchev–Trinajstić information content (AvgIpc) is 3.74. The first-order chi connectivity index (χ1) is 30.8. The third-order valence-corrected chi connectivity index (χ3v) is 12.6. The fourth-order valence-corrected chi connectivity index (χ4v) is 8.94. The molecule has 0 saturated carbocycles. The van der Waals surface area contributed by atoms with Gasteiger partial charge in [0.25, 0.3) is 0 Å². The van der Waals surface area contributed by atoms with Crippen molar-refractivity contribution in [3.63, 3.8) is 0 Å². The molecule has 2 aliphatic rings. The lowest BCUT2D eigenvalue weighted by Gasteiger charge is -2.31. The Morgan fingerprint density at radius 2 is 1.52 bits per heavy atom. The molecule has 0 radical (unpaired) electrons. The van der Waals surface area contributed by atoms with Gasteiger partial charge < -0.3 is 65.1 Å². The van der Waals surface area contributed by atoms with E-state index >= 15 is 0 Å².